The van der Waals surface area contributed by atoms with Crippen molar-refractivity contribution >= 4 is 44.3 Å². The number of sulfonamides is 1. The van der Waals surface area contributed by atoms with E-state index in [1.807, 2.05) is 39.0 Å². The Labute approximate surface area is 229 Å². The van der Waals surface area contributed by atoms with Gasteiger partial charge >= 0.3 is 0 Å². The Kier molecular flexibility index (Phi) is 8.02. The van der Waals surface area contributed by atoms with Crippen molar-refractivity contribution in [3.05, 3.63) is 36.5 Å². The molecule has 2 aliphatic heterocycles. The number of fused-ring (bicyclic) bond motifs is 2. The van der Waals surface area contributed by atoms with Crippen molar-refractivity contribution in [2.75, 3.05) is 31.7 Å². The van der Waals surface area contributed by atoms with Gasteiger partial charge in [0.1, 0.15) is 6.04 Å². The minimum atomic E-state index is -3.63. The van der Waals surface area contributed by atoms with Crippen LogP contribution in [-0.4, -0.2) is 90.9 Å². The Morgan fingerprint density at radius 3 is 2.51 bits per heavy atom. The van der Waals surface area contributed by atoms with Crippen molar-refractivity contribution in [3.63, 3.8) is 0 Å². The number of aromatic nitrogens is 1. The Balaban J connectivity index is 1.63. The zero-order valence-electron chi connectivity index (χ0n) is 23.3. The summed E-state index contributed by atoms with van der Waals surface area (Å²) in [6.45, 7) is 7.56. The molecule has 39 heavy (non-hydrogen) atoms. The quantitative estimate of drug-likeness (QED) is 0.463. The van der Waals surface area contributed by atoms with Gasteiger partial charge in [-0.3, -0.25) is 19.4 Å². The molecule has 212 valence electrons. The molecule has 11 nitrogen and oxygen atoms in total. The second-order valence-electron chi connectivity index (χ2n) is 11.5. The largest absolute Gasteiger partial charge is 0.342 e. The molecule has 0 bridgehead atoms. The standard InChI is InChI=1S/C27H38N6O5S/c1-16(28-5)24(34)31-23(27(2,3)4)26(36)32-13-11-21-22(32)19(15-33(21)39(6,37)38)25(35)30-18-9-10-20-17(14-18)8-7-12-29-20/h7-10,12,14,16,19,21-23,28H,11,13,15H2,1-6H3,(H,30,35)(H,31,34)/t16-,19+,21-,22-,23-/m1/s1. The highest BCUT2D eigenvalue weighted by Crippen LogP contribution is 2.39. The highest BCUT2D eigenvalue weighted by atomic mass is 32.2. The van der Waals surface area contributed by atoms with Gasteiger partial charge in [0, 0.05) is 36.4 Å². The zero-order valence-corrected chi connectivity index (χ0v) is 24.1. The molecule has 0 saturated carbocycles. The van der Waals surface area contributed by atoms with Crippen LogP contribution in [0, 0.1) is 11.3 Å². The molecule has 5 atom stereocenters. The minimum absolute atomic E-state index is 0.0255. The van der Waals surface area contributed by atoms with Crippen LogP contribution in [0.5, 0.6) is 0 Å². The number of likely N-dealkylation sites (N-methyl/N-ethyl adjacent to an activating group) is 1. The van der Waals surface area contributed by atoms with Crippen LogP contribution in [0.25, 0.3) is 10.9 Å². The van der Waals surface area contributed by atoms with Crippen molar-refractivity contribution < 1.29 is 22.8 Å². The number of carbonyl (C=O) groups is 3. The normalized spacial score (nSPS) is 23.3. The first-order chi connectivity index (χ1) is 18.2. The van der Waals surface area contributed by atoms with Gasteiger partial charge < -0.3 is 20.9 Å². The van der Waals surface area contributed by atoms with Crippen molar-refractivity contribution in [2.45, 2.75) is 58.3 Å². The first-order valence-corrected chi connectivity index (χ1v) is 15.0. The van der Waals surface area contributed by atoms with E-state index in [9.17, 15) is 22.8 Å². The summed E-state index contributed by atoms with van der Waals surface area (Å²) in [5, 5.41) is 9.54. The number of likely N-dealkylation sites (tertiary alicyclic amines) is 1. The summed E-state index contributed by atoms with van der Waals surface area (Å²) in [5.74, 6) is -1.78. The third kappa shape index (κ3) is 5.92. The average Bonchev–Trinajstić information content (AvgIpc) is 3.46. The highest BCUT2D eigenvalue weighted by molar-refractivity contribution is 7.88. The van der Waals surface area contributed by atoms with Crippen LogP contribution in [0.1, 0.15) is 34.1 Å². The number of benzene rings is 1. The van der Waals surface area contributed by atoms with Crippen LogP contribution in [0.15, 0.2) is 36.5 Å². The third-order valence-corrected chi connectivity index (χ3v) is 8.99. The van der Waals surface area contributed by atoms with Crippen LogP contribution in [-0.2, 0) is 24.4 Å². The van der Waals surface area contributed by atoms with Crippen molar-refractivity contribution in [1.29, 1.82) is 0 Å². The Hall–Kier alpha value is -3.09. The number of pyridine rings is 1. The summed E-state index contributed by atoms with van der Waals surface area (Å²) in [7, 11) is -1.96. The number of nitrogens with one attached hydrogen (secondary N) is 3. The number of nitrogens with zero attached hydrogens (tertiary/aromatic N) is 3. The van der Waals surface area contributed by atoms with E-state index >= 15 is 0 Å². The van der Waals surface area contributed by atoms with Crippen LogP contribution in [0.2, 0.25) is 0 Å². The Bertz CT molecular complexity index is 1370. The number of carbonyl (C=O) groups excluding carboxylic acids is 3. The van der Waals surface area contributed by atoms with Gasteiger partial charge in [0.25, 0.3) is 0 Å². The molecule has 3 N–H and O–H groups in total. The molecular formula is C27H38N6O5S. The number of amides is 3. The number of anilines is 1. The van der Waals surface area contributed by atoms with Gasteiger partial charge in [0.2, 0.25) is 27.7 Å². The van der Waals surface area contributed by atoms with Crippen LogP contribution < -0.4 is 16.0 Å². The number of hydrogen-bond acceptors (Lipinski definition) is 7. The lowest BCUT2D eigenvalue weighted by atomic mass is 9.85. The third-order valence-electron chi connectivity index (χ3n) is 7.72. The van der Waals surface area contributed by atoms with E-state index in [1.54, 1.807) is 37.2 Å². The fourth-order valence-electron chi connectivity index (χ4n) is 5.51. The molecule has 1 aromatic heterocycles. The summed E-state index contributed by atoms with van der Waals surface area (Å²) in [6.07, 6.45) is 3.23. The molecule has 2 saturated heterocycles. The molecule has 0 aliphatic carbocycles. The lowest BCUT2D eigenvalue weighted by Crippen LogP contribution is -2.59. The monoisotopic (exact) mass is 558 g/mol. The van der Waals surface area contributed by atoms with Crippen LogP contribution >= 0.6 is 0 Å². The van der Waals surface area contributed by atoms with Crippen molar-refractivity contribution in [3.8, 4) is 0 Å². The van der Waals surface area contributed by atoms with Crippen LogP contribution in [0.3, 0.4) is 0 Å². The lowest BCUT2D eigenvalue weighted by molar-refractivity contribution is -0.141. The Morgan fingerprint density at radius 2 is 1.87 bits per heavy atom. The molecular weight excluding hydrogens is 520 g/mol. The average molecular weight is 559 g/mol. The molecule has 3 heterocycles. The van der Waals surface area contributed by atoms with E-state index in [4.69, 9.17) is 0 Å². The first kappa shape index (κ1) is 28.9. The van der Waals surface area contributed by atoms with Gasteiger partial charge in [-0.15, -0.1) is 0 Å². The van der Waals surface area contributed by atoms with Gasteiger partial charge in [-0.05, 0) is 50.1 Å². The van der Waals surface area contributed by atoms with Crippen molar-refractivity contribution in [1.82, 2.24) is 24.8 Å². The van der Waals surface area contributed by atoms with E-state index in [1.165, 1.54) is 4.31 Å². The second-order valence-corrected chi connectivity index (χ2v) is 13.5. The maximum Gasteiger partial charge on any atom is 0.246 e. The minimum Gasteiger partial charge on any atom is -0.342 e. The fraction of sp³-hybridized carbons (Fsp3) is 0.556. The molecule has 1 aromatic carbocycles. The molecule has 12 heteroatoms. The fourth-order valence-corrected chi connectivity index (χ4v) is 6.67. The molecule has 0 unspecified atom stereocenters. The van der Waals surface area contributed by atoms with E-state index in [0.29, 0.717) is 12.1 Å². The van der Waals surface area contributed by atoms with E-state index in [0.717, 1.165) is 17.2 Å². The van der Waals surface area contributed by atoms with Gasteiger partial charge in [-0.2, -0.15) is 4.31 Å². The molecule has 0 radical (unpaired) electrons. The van der Waals surface area contributed by atoms with E-state index in [-0.39, 0.29) is 30.8 Å². The van der Waals surface area contributed by atoms with Gasteiger partial charge in [0.05, 0.1) is 29.8 Å². The van der Waals surface area contributed by atoms with Crippen molar-refractivity contribution in [2.24, 2.45) is 11.3 Å². The topological polar surface area (TPSA) is 141 Å². The maximum absolute atomic E-state index is 14.0. The Morgan fingerprint density at radius 1 is 1.15 bits per heavy atom. The predicted octanol–water partition coefficient (Wildman–Crippen LogP) is 1.17. The number of hydrogen-bond donors (Lipinski definition) is 3. The van der Waals surface area contributed by atoms with Gasteiger partial charge in [-0.1, -0.05) is 26.8 Å². The smallest absolute Gasteiger partial charge is 0.246 e. The summed E-state index contributed by atoms with van der Waals surface area (Å²) in [4.78, 5) is 46.3. The molecule has 4 rings (SSSR count). The molecule has 2 aliphatic rings. The van der Waals surface area contributed by atoms with Gasteiger partial charge in [0.15, 0.2) is 0 Å². The summed E-state index contributed by atoms with van der Waals surface area (Å²) in [6, 6.07) is 6.53. The highest BCUT2D eigenvalue weighted by Gasteiger charge is 2.56. The summed E-state index contributed by atoms with van der Waals surface area (Å²) >= 11 is 0. The summed E-state index contributed by atoms with van der Waals surface area (Å²) < 4.78 is 26.7. The molecule has 0 spiro atoms. The predicted molar refractivity (Wildman–Crippen MR) is 149 cm³/mol. The van der Waals surface area contributed by atoms with Gasteiger partial charge in [-0.25, -0.2) is 8.42 Å². The SMILES string of the molecule is CN[C@H](C)C(=O)N[C@H](C(=O)N1CC[C@@H]2[C@H]1[C@@H](C(=O)Nc1ccc3ncccc3c1)CN2S(C)(=O)=O)C(C)(C)C. The van der Waals surface area contributed by atoms with E-state index in [2.05, 4.69) is 20.9 Å². The molecule has 2 fully saturated rings. The zero-order chi connectivity index (χ0) is 28.7. The molecule has 2 aromatic rings. The lowest BCUT2D eigenvalue weighted by Gasteiger charge is -2.37. The second kappa shape index (κ2) is 10.8. The summed E-state index contributed by atoms with van der Waals surface area (Å²) in [5.41, 5.74) is 0.728. The van der Waals surface area contributed by atoms with Crippen LogP contribution in [0.4, 0.5) is 5.69 Å². The molecule has 3 amide bonds. The first-order valence-electron chi connectivity index (χ1n) is 13.1. The maximum atomic E-state index is 14.0. The van der Waals surface area contributed by atoms with E-state index < -0.39 is 45.5 Å². The number of rotatable bonds is 7.